The molecule has 0 aliphatic rings. The Balaban J connectivity index is 1.64. The van der Waals surface area contributed by atoms with Crippen LogP contribution in [0, 0.1) is 13.8 Å². The van der Waals surface area contributed by atoms with Crippen LogP contribution in [0.3, 0.4) is 0 Å². The van der Waals surface area contributed by atoms with Gasteiger partial charge in [0, 0.05) is 26.3 Å². The minimum absolute atomic E-state index is 0.162. The molecule has 0 saturated carbocycles. The Hall–Kier alpha value is -3.62. The zero-order chi connectivity index (χ0) is 24.4. The predicted octanol–water partition coefficient (Wildman–Crippen LogP) is 5.64. The molecule has 0 spiro atoms. The van der Waals surface area contributed by atoms with Crippen LogP contribution in [0.5, 0.6) is 0 Å². The van der Waals surface area contributed by atoms with Crippen molar-refractivity contribution < 1.29 is 14.4 Å². The minimum atomic E-state index is -0.940. The minimum Gasteiger partial charge on any atom is -0.321 e. The highest BCUT2D eigenvalue weighted by molar-refractivity contribution is 9.10. The van der Waals surface area contributed by atoms with E-state index in [1.807, 2.05) is 31.2 Å². The first kappa shape index (κ1) is 23.5. The number of halogens is 2. The van der Waals surface area contributed by atoms with Crippen LogP contribution in [0.15, 0.2) is 71.2 Å². The quantitative estimate of drug-likeness (QED) is 0.293. The number of carbonyl (C=O) groups is 3. The van der Waals surface area contributed by atoms with Crippen LogP contribution < -0.4 is 16.1 Å². The average molecular weight is 540 g/mol. The Kier molecular flexibility index (Phi) is 6.72. The molecule has 0 unspecified atom stereocenters. The molecular formula is C25H20BrClN4O3. The molecule has 7 nitrogen and oxygen atoms in total. The zero-order valence-corrected chi connectivity index (χ0v) is 20.6. The second-order valence-corrected chi connectivity index (χ2v) is 9.02. The van der Waals surface area contributed by atoms with E-state index < -0.39 is 17.7 Å². The predicted molar refractivity (Wildman–Crippen MR) is 138 cm³/mol. The SMILES string of the molecule is Cc1cccc(NC(=O)c2cc3cc(Br)ccc3n2NC(=O)C(=O)Nc2cccc(Cl)c2C)c1. The van der Waals surface area contributed by atoms with Crippen LogP contribution in [0.1, 0.15) is 21.6 Å². The maximum absolute atomic E-state index is 13.1. The molecule has 0 bridgehead atoms. The number of nitrogens with zero attached hydrogens (tertiary/aromatic N) is 1. The van der Waals surface area contributed by atoms with Gasteiger partial charge in [0.15, 0.2) is 0 Å². The van der Waals surface area contributed by atoms with Gasteiger partial charge < -0.3 is 10.6 Å². The highest BCUT2D eigenvalue weighted by Gasteiger charge is 2.22. The largest absolute Gasteiger partial charge is 0.328 e. The Morgan fingerprint density at radius 3 is 2.41 bits per heavy atom. The van der Waals surface area contributed by atoms with Crippen molar-refractivity contribution >= 4 is 67.5 Å². The molecule has 172 valence electrons. The van der Waals surface area contributed by atoms with E-state index in [9.17, 15) is 14.4 Å². The van der Waals surface area contributed by atoms with Crippen molar-refractivity contribution in [2.24, 2.45) is 0 Å². The molecule has 34 heavy (non-hydrogen) atoms. The highest BCUT2D eigenvalue weighted by atomic mass is 79.9. The zero-order valence-electron chi connectivity index (χ0n) is 18.3. The highest BCUT2D eigenvalue weighted by Crippen LogP contribution is 2.25. The number of rotatable bonds is 4. The maximum atomic E-state index is 13.1. The fourth-order valence-electron chi connectivity index (χ4n) is 3.47. The molecule has 3 N–H and O–H groups in total. The van der Waals surface area contributed by atoms with E-state index in [0.717, 1.165) is 10.0 Å². The van der Waals surface area contributed by atoms with E-state index in [1.165, 1.54) is 4.68 Å². The number of carbonyl (C=O) groups excluding carboxylic acids is 3. The van der Waals surface area contributed by atoms with Gasteiger partial charge in [0.05, 0.1) is 5.52 Å². The summed E-state index contributed by atoms with van der Waals surface area (Å²) in [5.41, 5.74) is 5.92. The number of amides is 3. The van der Waals surface area contributed by atoms with Gasteiger partial charge in [-0.05, 0) is 73.5 Å². The molecule has 0 saturated heterocycles. The summed E-state index contributed by atoms with van der Waals surface area (Å²) < 4.78 is 2.11. The van der Waals surface area contributed by atoms with E-state index in [1.54, 1.807) is 49.4 Å². The standard InChI is InChI=1S/C25H20BrClN4O3/c1-14-5-3-6-18(11-14)28-23(32)22-13-16-12-17(26)9-10-21(16)31(22)30-25(34)24(33)29-20-8-4-7-19(27)15(20)2/h3-13H,1-2H3,(H,28,32)(H,29,33)(H,30,34). The van der Waals surface area contributed by atoms with E-state index in [-0.39, 0.29) is 5.69 Å². The van der Waals surface area contributed by atoms with Crippen LogP contribution >= 0.6 is 27.5 Å². The summed E-state index contributed by atoms with van der Waals surface area (Å²) >= 11 is 9.51. The van der Waals surface area contributed by atoms with Crippen molar-refractivity contribution in [1.82, 2.24) is 4.68 Å². The van der Waals surface area contributed by atoms with E-state index in [4.69, 9.17) is 11.6 Å². The molecular weight excluding hydrogens is 520 g/mol. The number of aromatic nitrogens is 1. The number of fused-ring (bicyclic) bond motifs is 1. The van der Waals surface area contributed by atoms with Crippen LogP contribution in [0.4, 0.5) is 11.4 Å². The summed E-state index contributed by atoms with van der Waals surface area (Å²) in [5.74, 6) is -2.27. The van der Waals surface area contributed by atoms with Gasteiger partial charge >= 0.3 is 11.8 Å². The molecule has 0 atom stereocenters. The maximum Gasteiger partial charge on any atom is 0.328 e. The van der Waals surface area contributed by atoms with Gasteiger partial charge in [-0.25, -0.2) is 4.68 Å². The second-order valence-electron chi connectivity index (χ2n) is 7.70. The first-order valence-corrected chi connectivity index (χ1v) is 11.5. The monoisotopic (exact) mass is 538 g/mol. The van der Waals surface area contributed by atoms with Crippen molar-refractivity contribution in [3.05, 3.63) is 93.0 Å². The third-order valence-corrected chi connectivity index (χ3v) is 6.11. The fourth-order valence-corrected chi connectivity index (χ4v) is 4.02. The number of hydrogen-bond acceptors (Lipinski definition) is 3. The second kappa shape index (κ2) is 9.70. The molecule has 1 aromatic heterocycles. The Bertz CT molecular complexity index is 1450. The van der Waals surface area contributed by atoms with E-state index in [0.29, 0.717) is 32.9 Å². The molecule has 4 rings (SSSR count). The summed E-state index contributed by atoms with van der Waals surface area (Å²) in [6.07, 6.45) is 0. The molecule has 1 heterocycles. The van der Waals surface area contributed by atoms with Crippen molar-refractivity contribution in [1.29, 1.82) is 0 Å². The number of hydrogen-bond donors (Lipinski definition) is 3. The Morgan fingerprint density at radius 1 is 0.882 bits per heavy atom. The van der Waals surface area contributed by atoms with Gasteiger partial charge in [-0.2, -0.15) is 0 Å². The first-order valence-electron chi connectivity index (χ1n) is 10.3. The summed E-state index contributed by atoms with van der Waals surface area (Å²) in [6, 6.07) is 19.4. The lowest BCUT2D eigenvalue weighted by Gasteiger charge is -2.14. The molecule has 0 aliphatic carbocycles. The van der Waals surface area contributed by atoms with Gasteiger partial charge in [-0.15, -0.1) is 0 Å². The molecule has 3 aromatic carbocycles. The van der Waals surface area contributed by atoms with Crippen LogP contribution in [0.25, 0.3) is 10.9 Å². The Labute approximate surface area is 209 Å². The van der Waals surface area contributed by atoms with Crippen molar-refractivity contribution in [2.75, 3.05) is 16.1 Å². The average Bonchev–Trinajstić information content (AvgIpc) is 3.14. The molecule has 0 fully saturated rings. The van der Waals surface area contributed by atoms with Crippen LogP contribution in [0.2, 0.25) is 5.02 Å². The van der Waals surface area contributed by atoms with E-state index >= 15 is 0 Å². The summed E-state index contributed by atoms with van der Waals surface area (Å²) in [6.45, 7) is 3.66. The topological polar surface area (TPSA) is 92.2 Å². The molecule has 3 amide bonds. The molecule has 4 aromatic rings. The summed E-state index contributed by atoms with van der Waals surface area (Å²) in [5, 5.41) is 6.56. The van der Waals surface area contributed by atoms with Crippen molar-refractivity contribution in [2.45, 2.75) is 13.8 Å². The first-order chi connectivity index (χ1) is 16.2. The van der Waals surface area contributed by atoms with E-state index in [2.05, 4.69) is 32.0 Å². The number of nitrogens with one attached hydrogen (secondary N) is 3. The number of benzene rings is 3. The van der Waals surface area contributed by atoms with Crippen molar-refractivity contribution in [3.63, 3.8) is 0 Å². The van der Waals surface area contributed by atoms with Crippen LogP contribution in [-0.4, -0.2) is 22.4 Å². The van der Waals surface area contributed by atoms with Crippen LogP contribution in [-0.2, 0) is 9.59 Å². The molecule has 0 aliphatic heterocycles. The fraction of sp³-hybridized carbons (Fsp3) is 0.0800. The third kappa shape index (κ3) is 4.98. The van der Waals surface area contributed by atoms with Gasteiger partial charge in [0.2, 0.25) is 0 Å². The number of anilines is 2. The van der Waals surface area contributed by atoms with Gasteiger partial charge in [0.1, 0.15) is 5.69 Å². The smallest absolute Gasteiger partial charge is 0.321 e. The summed E-state index contributed by atoms with van der Waals surface area (Å²) in [4.78, 5) is 38.5. The summed E-state index contributed by atoms with van der Waals surface area (Å²) in [7, 11) is 0. The lowest BCUT2D eigenvalue weighted by molar-refractivity contribution is -0.133. The normalized spacial score (nSPS) is 10.7. The van der Waals surface area contributed by atoms with Crippen molar-refractivity contribution in [3.8, 4) is 0 Å². The molecule has 9 heteroatoms. The lowest BCUT2D eigenvalue weighted by atomic mass is 10.2. The van der Waals surface area contributed by atoms with Gasteiger partial charge in [0.25, 0.3) is 5.91 Å². The third-order valence-electron chi connectivity index (χ3n) is 5.21. The van der Waals surface area contributed by atoms with Gasteiger partial charge in [-0.3, -0.25) is 19.8 Å². The number of aryl methyl sites for hydroxylation is 1. The lowest BCUT2D eigenvalue weighted by Crippen LogP contribution is -2.36. The molecule has 0 radical (unpaired) electrons. The van der Waals surface area contributed by atoms with Gasteiger partial charge in [-0.1, -0.05) is 45.7 Å². The Morgan fingerprint density at radius 2 is 1.65 bits per heavy atom.